The molecule has 0 amide bonds. The number of hydrogen-bond acceptors (Lipinski definition) is 2. The van der Waals surface area contributed by atoms with Crippen LogP contribution in [0.25, 0.3) is 0 Å². The summed E-state index contributed by atoms with van der Waals surface area (Å²) < 4.78 is 0. The maximum atomic E-state index is 10.9. The van der Waals surface area contributed by atoms with Gasteiger partial charge in [0.2, 0.25) is 0 Å². The molecule has 1 atom stereocenters. The Hall–Kier alpha value is 0.0200. The topological polar surface area (TPSA) is 17.1 Å². The SMILES string of the molecule is CCCCCCSCC(C)C(C)=O. The summed E-state index contributed by atoms with van der Waals surface area (Å²) in [7, 11) is 0. The van der Waals surface area contributed by atoms with Gasteiger partial charge in [-0.05, 0) is 19.1 Å². The van der Waals surface area contributed by atoms with Crippen molar-refractivity contribution in [1.82, 2.24) is 0 Å². The summed E-state index contributed by atoms with van der Waals surface area (Å²) in [6.07, 6.45) is 5.30. The highest BCUT2D eigenvalue weighted by molar-refractivity contribution is 7.99. The van der Waals surface area contributed by atoms with Gasteiger partial charge in [0, 0.05) is 11.7 Å². The lowest BCUT2D eigenvalue weighted by Crippen LogP contribution is -2.09. The molecule has 0 radical (unpaired) electrons. The minimum absolute atomic E-state index is 0.246. The Morgan fingerprint density at radius 3 is 2.54 bits per heavy atom. The zero-order valence-electron chi connectivity index (χ0n) is 9.14. The molecule has 0 aliphatic rings. The molecule has 2 heteroatoms. The molecule has 0 spiro atoms. The highest BCUT2D eigenvalue weighted by Gasteiger charge is 2.06. The molecule has 0 aliphatic heterocycles. The fourth-order valence-corrected chi connectivity index (χ4v) is 2.17. The number of hydrogen-bond donors (Lipinski definition) is 0. The van der Waals surface area contributed by atoms with E-state index < -0.39 is 0 Å². The van der Waals surface area contributed by atoms with Crippen molar-refractivity contribution in [2.24, 2.45) is 5.92 Å². The summed E-state index contributed by atoms with van der Waals surface area (Å²) >= 11 is 1.92. The van der Waals surface area contributed by atoms with E-state index in [9.17, 15) is 4.79 Å². The van der Waals surface area contributed by atoms with Crippen molar-refractivity contribution in [3.8, 4) is 0 Å². The normalized spacial score (nSPS) is 12.8. The second-order valence-corrected chi connectivity index (χ2v) is 4.80. The van der Waals surface area contributed by atoms with E-state index in [0.29, 0.717) is 5.78 Å². The Balaban J connectivity index is 3.11. The predicted molar refractivity (Wildman–Crippen MR) is 61.3 cm³/mol. The summed E-state index contributed by atoms with van der Waals surface area (Å²) in [5, 5.41) is 0. The Kier molecular flexibility index (Phi) is 8.62. The van der Waals surface area contributed by atoms with Gasteiger partial charge in [0.25, 0.3) is 0 Å². The van der Waals surface area contributed by atoms with Crippen molar-refractivity contribution < 1.29 is 4.79 Å². The van der Waals surface area contributed by atoms with E-state index in [0.717, 1.165) is 5.75 Å². The second kappa shape index (κ2) is 8.61. The third kappa shape index (κ3) is 8.35. The fourth-order valence-electron chi connectivity index (χ4n) is 1.01. The van der Waals surface area contributed by atoms with Crippen LogP contribution in [0.3, 0.4) is 0 Å². The third-order valence-electron chi connectivity index (χ3n) is 2.20. The zero-order valence-corrected chi connectivity index (χ0v) is 9.95. The van der Waals surface area contributed by atoms with Crippen LogP contribution in [-0.4, -0.2) is 17.3 Å². The average molecular weight is 202 g/mol. The van der Waals surface area contributed by atoms with Gasteiger partial charge in [-0.3, -0.25) is 4.79 Å². The molecule has 0 fully saturated rings. The van der Waals surface area contributed by atoms with E-state index in [1.807, 2.05) is 18.7 Å². The molecular formula is C11H22OS. The van der Waals surface area contributed by atoms with Crippen molar-refractivity contribution >= 4 is 17.5 Å². The van der Waals surface area contributed by atoms with Crippen LogP contribution in [0.5, 0.6) is 0 Å². The van der Waals surface area contributed by atoms with Crippen molar-refractivity contribution in [2.45, 2.75) is 46.5 Å². The third-order valence-corrected chi connectivity index (χ3v) is 3.52. The van der Waals surface area contributed by atoms with Crippen LogP contribution in [0.15, 0.2) is 0 Å². The predicted octanol–water partition coefficient (Wildman–Crippen LogP) is 3.53. The molecule has 0 rings (SSSR count). The highest BCUT2D eigenvalue weighted by Crippen LogP contribution is 2.12. The van der Waals surface area contributed by atoms with Crippen molar-refractivity contribution in [1.29, 1.82) is 0 Å². The monoisotopic (exact) mass is 202 g/mol. The largest absolute Gasteiger partial charge is 0.300 e. The molecule has 0 aromatic heterocycles. The van der Waals surface area contributed by atoms with E-state index in [2.05, 4.69) is 6.92 Å². The van der Waals surface area contributed by atoms with Crippen molar-refractivity contribution in [3.63, 3.8) is 0 Å². The highest BCUT2D eigenvalue weighted by atomic mass is 32.2. The maximum Gasteiger partial charge on any atom is 0.133 e. The lowest BCUT2D eigenvalue weighted by atomic mass is 10.1. The number of carbonyl (C=O) groups excluding carboxylic acids is 1. The van der Waals surface area contributed by atoms with Gasteiger partial charge in [-0.2, -0.15) is 11.8 Å². The molecule has 78 valence electrons. The van der Waals surface area contributed by atoms with E-state index >= 15 is 0 Å². The van der Waals surface area contributed by atoms with Crippen LogP contribution < -0.4 is 0 Å². The first kappa shape index (κ1) is 13.0. The Morgan fingerprint density at radius 2 is 2.00 bits per heavy atom. The maximum absolute atomic E-state index is 10.9. The lowest BCUT2D eigenvalue weighted by Gasteiger charge is -2.06. The van der Waals surface area contributed by atoms with Crippen LogP contribution in [-0.2, 0) is 4.79 Å². The molecule has 0 bridgehead atoms. The molecular weight excluding hydrogens is 180 g/mol. The van der Waals surface area contributed by atoms with Gasteiger partial charge in [0.1, 0.15) is 5.78 Å². The van der Waals surface area contributed by atoms with E-state index in [-0.39, 0.29) is 5.92 Å². The molecule has 13 heavy (non-hydrogen) atoms. The van der Waals surface area contributed by atoms with Gasteiger partial charge < -0.3 is 0 Å². The smallest absolute Gasteiger partial charge is 0.133 e. The second-order valence-electron chi connectivity index (χ2n) is 3.65. The zero-order chi connectivity index (χ0) is 10.1. The molecule has 1 unspecified atom stereocenters. The number of carbonyl (C=O) groups is 1. The Labute approximate surface area is 86.7 Å². The summed E-state index contributed by atoms with van der Waals surface area (Å²) in [6.45, 7) is 5.93. The molecule has 0 aromatic carbocycles. The van der Waals surface area contributed by atoms with E-state index in [1.165, 1.54) is 31.4 Å². The molecule has 0 aliphatic carbocycles. The van der Waals surface area contributed by atoms with Crippen molar-refractivity contribution in [3.05, 3.63) is 0 Å². The van der Waals surface area contributed by atoms with Gasteiger partial charge in [-0.15, -0.1) is 0 Å². The molecule has 0 saturated carbocycles. The first-order chi connectivity index (χ1) is 6.18. The summed E-state index contributed by atoms with van der Waals surface area (Å²) in [5.74, 6) is 2.79. The van der Waals surface area contributed by atoms with Gasteiger partial charge in [0.05, 0.1) is 0 Å². The summed E-state index contributed by atoms with van der Waals surface area (Å²) in [6, 6.07) is 0. The van der Waals surface area contributed by atoms with E-state index in [4.69, 9.17) is 0 Å². The quantitative estimate of drug-likeness (QED) is 0.560. The summed E-state index contributed by atoms with van der Waals surface area (Å²) in [4.78, 5) is 10.9. The molecule has 0 saturated heterocycles. The van der Waals surface area contributed by atoms with Crippen LogP contribution in [0.4, 0.5) is 0 Å². The number of unbranched alkanes of at least 4 members (excludes halogenated alkanes) is 3. The van der Waals surface area contributed by atoms with Gasteiger partial charge in [0.15, 0.2) is 0 Å². The number of ketones is 1. The first-order valence-electron chi connectivity index (χ1n) is 5.26. The molecule has 0 N–H and O–H groups in total. The van der Waals surface area contributed by atoms with Crippen LogP contribution >= 0.6 is 11.8 Å². The number of thioether (sulfide) groups is 1. The minimum atomic E-state index is 0.246. The molecule has 0 aromatic rings. The van der Waals surface area contributed by atoms with Gasteiger partial charge >= 0.3 is 0 Å². The van der Waals surface area contributed by atoms with Gasteiger partial charge in [-0.1, -0.05) is 33.1 Å². The summed E-state index contributed by atoms with van der Waals surface area (Å²) in [5.41, 5.74) is 0. The Morgan fingerprint density at radius 1 is 1.31 bits per heavy atom. The minimum Gasteiger partial charge on any atom is -0.300 e. The number of Topliss-reactive ketones (excluding diaryl/α,β-unsaturated/α-hetero) is 1. The molecule has 1 nitrogen and oxygen atoms in total. The van der Waals surface area contributed by atoms with Crippen molar-refractivity contribution in [2.75, 3.05) is 11.5 Å². The number of rotatable bonds is 8. The van der Waals surface area contributed by atoms with Gasteiger partial charge in [-0.25, -0.2) is 0 Å². The fraction of sp³-hybridized carbons (Fsp3) is 0.909. The first-order valence-corrected chi connectivity index (χ1v) is 6.42. The van der Waals surface area contributed by atoms with E-state index in [1.54, 1.807) is 6.92 Å². The van der Waals surface area contributed by atoms with Crippen LogP contribution in [0, 0.1) is 5.92 Å². The lowest BCUT2D eigenvalue weighted by molar-refractivity contribution is -0.119. The molecule has 0 heterocycles. The average Bonchev–Trinajstić information content (AvgIpc) is 2.10. The standard InChI is InChI=1S/C11H22OS/c1-4-5-6-7-8-13-9-10(2)11(3)12/h10H,4-9H2,1-3H3. The van der Waals surface area contributed by atoms with Crippen LogP contribution in [0.2, 0.25) is 0 Å². The van der Waals surface area contributed by atoms with Crippen LogP contribution in [0.1, 0.15) is 46.5 Å². The Bertz CT molecular complexity index is 134.